The Kier molecular flexibility index (Phi) is 6.19. The molecular formula is C25H28N2O3. The number of hydrogen-bond acceptors (Lipinski definition) is 4. The van der Waals surface area contributed by atoms with Gasteiger partial charge in [0.05, 0.1) is 7.11 Å². The molecular weight excluding hydrogens is 376 g/mol. The van der Waals surface area contributed by atoms with Crippen molar-refractivity contribution in [1.82, 2.24) is 10.2 Å². The number of likely N-dealkylation sites (tertiary alicyclic amines) is 1. The van der Waals surface area contributed by atoms with Gasteiger partial charge >= 0.3 is 0 Å². The number of benzene rings is 3. The third-order valence-electron chi connectivity index (χ3n) is 5.97. The number of carbonyl (C=O) groups is 1. The first-order valence-corrected chi connectivity index (χ1v) is 10.5. The Hall–Kier alpha value is -3.05. The van der Waals surface area contributed by atoms with Crippen molar-refractivity contribution >= 4 is 16.7 Å². The fourth-order valence-corrected chi connectivity index (χ4v) is 4.15. The first-order valence-electron chi connectivity index (χ1n) is 10.5. The summed E-state index contributed by atoms with van der Waals surface area (Å²) in [6, 6.07) is 19.6. The van der Waals surface area contributed by atoms with E-state index in [9.17, 15) is 9.90 Å². The second-order valence-electron chi connectivity index (χ2n) is 7.90. The summed E-state index contributed by atoms with van der Waals surface area (Å²) in [7, 11) is 1.65. The lowest BCUT2D eigenvalue weighted by Crippen LogP contribution is -2.40. The molecule has 0 bridgehead atoms. The van der Waals surface area contributed by atoms with E-state index in [2.05, 4.69) is 10.2 Å². The molecule has 2 N–H and O–H groups in total. The molecule has 1 amide bonds. The van der Waals surface area contributed by atoms with Gasteiger partial charge in [0, 0.05) is 24.6 Å². The zero-order valence-electron chi connectivity index (χ0n) is 17.3. The second-order valence-corrected chi connectivity index (χ2v) is 7.90. The Morgan fingerprint density at radius 1 is 1.10 bits per heavy atom. The maximum atomic E-state index is 12.6. The summed E-state index contributed by atoms with van der Waals surface area (Å²) in [5.41, 5.74) is 2.03. The highest BCUT2D eigenvalue weighted by Gasteiger charge is 2.25. The fraction of sp³-hybridized carbons (Fsp3) is 0.320. The molecule has 3 aromatic carbocycles. The molecule has 30 heavy (non-hydrogen) atoms. The Labute approximate surface area is 177 Å². The number of phenols is 1. The van der Waals surface area contributed by atoms with Crippen LogP contribution in [0.3, 0.4) is 0 Å². The minimum Gasteiger partial charge on any atom is -0.508 e. The molecule has 3 aromatic rings. The van der Waals surface area contributed by atoms with Crippen LogP contribution in [0.25, 0.3) is 10.8 Å². The van der Waals surface area contributed by atoms with Gasteiger partial charge in [0.1, 0.15) is 11.5 Å². The molecule has 0 aromatic heterocycles. The number of aromatic hydroxyl groups is 1. The molecule has 1 saturated heterocycles. The van der Waals surface area contributed by atoms with Crippen molar-refractivity contribution in [2.45, 2.75) is 25.9 Å². The zero-order valence-corrected chi connectivity index (χ0v) is 17.3. The van der Waals surface area contributed by atoms with Crippen molar-refractivity contribution in [3.05, 3.63) is 71.8 Å². The summed E-state index contributed by atoms with van der Waals surface area (Å²) in [6.07, 6.45) is 1.66. The normalized spacial score (nSPS) is 15.2. The highest BCUT2D eigenvalue weighted by atomic mass is 16.5. The average Bonchev–Trinajstić information content (AvgIpc) is 2.80. The molecule has 0 spiro atoms. The quantitative estimate of drug-likeness (QED) is 0.650. The lowest BCUT2D eigenvalue weighted by atomic mass is 9.94. The van der Waals surface area contributed by atoms with Gasteiger partial charge in [-0.1, -0.05) is 42.5 Å². The number of hydrogen-bond donors (Lipinski definition) is 2. The van der Waals surface area contributed by atoms with E-state index in [-0.39, 0.29) is 11.8 Å². The molecule has 5 nitrogen and oxygen atoms in total. The van der Waals surface area contributed by atoms with E-state index in [1.165, 1.54) is 0 Å². The topological polar surface area (TPSA) is 61.8 Å². The number of ether oxygens (including phenoxy) is 1. The minimum absolute atomic E-state index is 0.0474. The number of rotatable bonds is 6. The van der Waals surface area contributed by atoms with E-state index >= 15 is 0 Å². The average molecular weight is 405 g/mol. The van der Waals surface area contributed by atoms with Gasteiger partial charge in [-0.05, 0) is 60.5 Å². The van der Waals surface area contributed by atoms with Crippen molar-refractivity contribution in [3.63, 3.8) is 0 Å². The maximum Gasteiger partial charge on any atom is 0.223 e. The van der Waals surface area contributed by atoms with Crippen LogP contribution in [-0.2, 0) is 17.9 Å². The fourth-order valence-electron chi connectivity index (χ4n) is 4.15. The van der Waals surface area contributed by atoms with Gasteiger partial charge in [-0.3, -0.25) is 9.69 Å². The third-order valence-corrected chi connectivity index (χ3v) is 5.97. The minimum atomic E-state index is 0.0474. The smallest absolute Gasteiger partial charge is 0.223 e. The van der Waals surface area contributed by atoms with Crippen molar-refractivity contribution in [2.75, 3.05) is 20.2 Å². The van der Waals surface area contributed by atoms with Crippen molar-refractivity contribution < 1.29 is 14.6 Å². The van der Waals surface area contributed by atoms with Crippen LogP contribution in [0.5, 0.6) is 11.5 Å². The van der Waals surface area contributed by atoms with E-state index in [0.717, 1.165) is 53.6 Å². The van der Waals surface area contributed by atoms with Crippen LogP contribution in [-0.4, -0.2) is 36.1 Å². The van der Waals surface area contributed by atoms with Crippen LogP contribution in [0.15, 0.2) is 60.7 Å². The highest BCUT2D eigenvalue weighted by Crippen LogP contribution is 2.32. The van der Waals surface area contributed by atoms with E-state index in [1.807, 2.05) is 54.6 Å². The number of nitrogens with zero attached hydrogens (tertiary/aromatic N) is 1. The van der Waals surface area contributed by atoms with Crippen LogP contribution >= 0.6 is 0 Å². The molecule has 0 unspecified atom stereocenters. The number of methoxy groups -OCH3 is 1. The SMILES string of the molecule is COc1ccc2ccc(O)c(CN3CCC(C(=O)NCc4ccccc4)CC3)c2c1. The second kappa shape index (κ2) is 9.18. The number of amides is 1. The first kappa shape index (κ1) is 20.2. The predicted molar refractivity (Wildman–Crippen MR) is 118 cm³/mol. The molecule has 0 atom stereocenters. The van der Waals surface area contributed by atoms with Crippen molar-refractivity contribution in [1.29, 1.82) is 0 Å². The first-order chi connectivity index (χ1) is 14.6. The molecule has 4 rings (SSSR count). The molecule has 0 radical (unpaired) electrons. The molecule has 156 valence electrons. The summed E-state index contributed by atoms with van der Waals surface area (Å²) in [6.45, 7) is 2.91. The van der Waals surface area contributed by atoms with Crippen molar-refractivity contribution in [2.24, 2.45) is 5.92 Å². The molecule has 5 heteroatoms. The molecule has 0 saturated carbocycles. The Morgan fingerprint density at radius 3 is 2.57 bits per heavy atom. The maximum absolute atomic E-state index is 12.6. The summed E-state index contributed by atoms with van der Waals surface area (Å²) < 4.78 is 5.36. The lowest BCUT2D eigenvalue weighted by molar-refractivity contribution is -0.126. The molecule has 1 heterocycles. The summed E-state index contributed by atoms with van der Waals surface area (Å²) in [5, 5.41) is 15.7. The van der Waals surface area contributed by atoms with Gasteiger partial charge < -0.3 is 15.2 Å². The summed E-state index contributed by atoms with van der Waals surface area (Å²) in [5.74, 6) is 1.27. The van der Waals surface area contributed by atoms with Gasteiger partial charge in [-0.15, -0.1) is 0 Å². The molecule has 1 aliphatic heterocycles. The molecule has 1 fully saturated rings. The number of phenolic OH excluding ortho intramolecular Hbond substituents is 1. The van der Waals surface area contributed by atoms with E-state index in [0.29, 0.717) is 18.8 Å². The van der Waals surface area contributed by atoms with Gasteiger partial charge in [0.2, 0.25) is 5.91 Å². The standard InChI is InChI=1S/C25H28N2O3/c1-30-21-9-7-19-8-10-24(28)23(22(19)15-21)17-27-13-11-20(12-14-27)25(29)26-16-18-5-3-2-4-6-18/h2-10,15,20,28H,11-14,16-17H2,1H3,(H,26,29). The van der Waals surface area contributed by atoms with Gasteiger partial charge in [0.15, 0.2) is 0 Å². The van der Waals surface area contributed by atoms with Gasteiger partial charge in [-0.25, -0.2) is 0 Å². The number of nitrogens with one attached hydrogen (secondary N) is 1. The van der Waals surface area contributed by atoms with Crippen LogP contribution < -0.4 is 10.1 Å². The summed E-state index contributed by atoms with van der Waals surface area (Å²) >= 11 is 0. The predicted octanol–water partition coefficient (Wildman–Crippen LogP) is 4.08. The van der Waals surface area contributed by atoms with Crippen LogP contribution in [0.1, 0.15) is 24.0 Å². The third kappa shape index (κ3) is 4.57. The lowest BCUT2D eigenvalue weighted by Gasteiger charge is -2.31. The zero-order chi connectivity index (χ0) is 20.9. The number of carbonyl (C=O) groups excluding carboxylic acids is 1. The van der Waals surface area contributed by atoms with E-state index in [1.54, 1.807) is 13.2 Å². The largest absolute Gasteiger partial charge is 0.508 e. The Balaban J connectivity index is 1.37. The van der Waals surface area contributed by atoms with Crippen molar-refractivity contribution in [3.8, 4) is 11.5 Å². The summed E-state index contributed by atoms with van der Waals surface area (Å²) in [4.78, 5) is 14.9. The highest BCUT2D eigenvalue weighted by molar-refractivity contribution is 5.89. The molecule has 1 aliphatic rings. The van der Waals surface area contributed by atoms with Gasteiger partial charge in [-0.2, -0.15) is 0 Å². The number of piperidine rings is 1. The monoisotopic (exact) mass is 404 g/mol. The number of fused-ring (bicyclic) bond motifs is 1. The van der Waals surface area contributed by atoms with E-state index in [4.69, 9.17) is 4.74 Å². The Bertz CT molecular complexity index is 1010. The van der Waals surface area contributed by atoms with Gasteiger partial charge in [0.25, 0.3) is 0 Å². The van der Waals surface area contributed by atoms with Crippen LogP contribution in [0, 0.1) is 5.92 Å². The van der Waals surface area contributed by atoms with Crippen LogP contribution in [0.4, 0.5) is 0 Å². The Morgan fingerprint density at radius 2 is 1.83 bits per heavy atom. The van der Waals surface area contributed by atoms with E-state index < -0.39 is 0 Å². The molecule has 0 aliphatic carbocycles. The van der Waals surface area contributed by atoms with Crippen LogP contribution in [0.2, 0.25) is 0 Å².